The monoisotopic (exact) mass is 197 g/mol. The number of carbonyl (C=O) groups excluding carboxylic acids is 2. The Labute approximate surface area is 83.2 Å². The van der Waals surface area contributed by atoms with Crippen molar-refractivity contribution in [2.75, 3.05) is 7.11 Å². The van der Waals surface area contributed by atoms with Crippen molar-refractivity contribution in [3.63, 3.8) is 0 Å². The highest BCUT2D eigenvalue weighted by Crippen LogP contribution is 2.38. The van der Waals surface area contributed by atoms with E-state index < -0.39 is 0 Å². The minimum absolute atomic E-state index is 0.147. The van der Waals surface area contributed by atoms with Crippen LogP contribution >= 0.6 is 0 Å². The van der Waals surface area contributed by atoms with Crippen molar-refractivity contribution < 1.29 is 14.3 Å². The van der Waals surface area contributed by atoms with Gasteiger partial charge >= 0.3 is 6.09 Å². The number of nitrogens with zero attached hydrogens (tertiary/aromatic N) is 1. The molecule has 2 bridgehead atoms. The first kappa shape index (κ1) is 9.49. The molecule has 0 spiro atoms. The number of aldehydes is 1. The number of rotatable bonds is 1. The Kier molecular flexibility index (Phi) is 2.44. The van der Waals surface area contributed by atoms with Crippen molar-refractivity contribution in [3.05, 3.63) is 0 Å². The first-order chi connectivity index (χ1) is 6.76. The number of fused-ring (bicyclic) bond motifs is 2. The molecule has 1 unspecified atom stereocenters. The summed E-state index contributed by atoms with van der Waals surface area (Å²) in [5, 5.41) is 0. The number of carbonyl (C=O) groups is 2. The zero-order valence-electron chi connectivity index (χ0n) is 8.31. The molecule has 0 saturated carbocycles. The van der Waals surface area contributed by atoms with Gasteiger partial charge in [0.1, 0.15) is 6.29 Å². The lowest BCUT2D eigenvalue weighted by molar-refractivity contribution is -0.113. The van der Waals surface area contributed by atoms with Crippen LogP contribution < -0.4 is 0 Å². The lowest BCUT2D eigenvalue weighted by Gasteiger charge is -2.35. The lowest BCUT2D eigenvalue weighted by atomic mass is 9.92. The second-order valence-corrected chi connectivity index (χ2v) is 4.13. The summed E-state index contributed by atoms with van der Waals surface area (Å²) < 4.78 is 4.74. The largest absolute Gasteiger partial charge is 0.453 e. The van der Waals surface area contributed by atoms with Crippen molar-refractivity contribution in [2.24, 2.45) is 5.92 Å². The minimum Gasteiger partial charge on any atom is -0.453 e. The molecular weight excluding hydrogens is 182 g/mol. The highest BCUT2D eigenvalue weighted by atomic mass is 16.5. The maximum absolute atomic E-state index is 11.4. The minimum atomic E-state index is -0.234. The van der Waals surface area contributed by atoms with Crippen LogP contribution in [0.3, 0.4) is 0 Å². The van der Waals surface area contributed by atoms with E-state index in [1.54, 1.807) is 0 Å². The van der Waals surface area contributed by atoms with E-state index in [4.69, 9.17) is 4.74 Å². The first-order valence-electron chi connectivity index (χ1n) is 5.08. The number of piperidine rings is 1. The highest BCUT2D eigenvalue weighted by Gasteiger charge is 2.43. The molecule has 14 heavy (non-hydrogen) atoms. The summed E-state index contributed by atoms with van der Waals surface area (Å²) >= 11 is 0. The molecule has 3 atom stereocenters. The number of hydrogen-bond acceptors (Lipinski definition) is 3. The van der Waals surface area contributed by atoms with Gasteiger partial charge in [0.05, 0.1) is 7.11 Å². The Balaban J connectivity index is 2.10. The molecule has 0 radical (unpaired) electrons. The van der Waals surface area contributed by atoms with Crippen LogP contribution in [0, 0.1) is 5.92 Å². The molecule has 78 valence electrons. The first-order valence-corrected chi connectivity index (χ1v) is 5.08. The standard InChI is InChI=1S/C10H15NO3/c1-14-10(13)11-8-2-3-9(11)5-7(4-8)6-12/h6-9H,2-5H2,1H3/t7?,8-,9+. The Hall–Kier alpha value is -1.06. The van der Waals surface area contributed by atoms with Crippen LogP contribution in [0.1, 0.15) is 25.7 Å². The van der Waals surface area contributed by atoms with Crippen LogP contribution in [0.25, 0.3) is 0 Å². The third-order valence-electron chi connectivity index (χ3n) is 3.35. The molecule has 0 aromatic rings. The predicted molar refractivity (Wildman–Crippen MR) is 49.8 cm³/mol. The van der Waals surface area contributed by atoms with Crippen molar-refractivity contribution in [2.45, 2.75) is 37.8 Å². The smallest absolute Gasteiger partial charge is 0.409 e. The van der Waals surface area contributed by atoms with E-state index in [1.807, 2.05) is 4.90 Å². The van der Waals surface area contributed by atoms with Crippen molar-refractivity contribution >= 4 is 12.4 Å². The normalized spacial score (nSPS) is 35.5. The molecule has 2 saturated heterocycles. The summed E-state index contributed by atoms with van der Waals surface area (Å²) in [5.41, 5.74) is 0. The predicted octanol–water partition coefficient (Wildman–Crippen LogP) is 1.19. The van der Waals surface area contributed by atoms with E-state index in [-0.39, 0.29) is 24.1 Å². The van der Waals surface area contributed by atoms with Gasteiger partial charge < -0.3 is 14.4 Å². The Bertz CT molecular complexity index is 240. The maximum Gasteiger partial charge on any atom is 0.409 e. The second-order valence-electron chi connectivity index (χ2n) is 4.13. The average Bonchev–Trinajstić information content (AvgIpc) is 2.48. The van der Waals surface area contributed by atoms with E-state index in [2.05, 4.69) is 0 Å². The zero-order valence-corrected chi connectivity index (χ0v) is 8.31. The molecule has 2 fully saturated rings. The summed E-state index contributed by atoms with van der Waals surface area (Å²) in [6, 6.07) is 0.466. The maximum atomic E-state index is 11.4. The zero-order chi connectivity index (χ0) is 10.1. The summed E-state index contributed by atoms with van der Waals surface area (Å²) in [7, 11) is 1.41. The van der Waals surface area contributed by atoms with E-state index >= 15 is 0 Å². The molecule has 0 aliphatic carbocycles. The van der Waals surface area contributed by atoms with Gasteiger partial charge in [0.25, 0.3) is 0 Å². The van der Waals surface area contributed by atoms with E-state index in [0.717, 1.165) is 32.0 Å². The molecule has 4 nitrogen and oxygen atoms in total. The molecule has 0 aromatic heterocycles. The van der Waals surface area contributed by atoms with Gasteiger partial charge in [-0.3, -0.25) is 0 Å². The topological polar surface area (TPSA) is 46.6 Å². The summed E-state index contributed by atoms with van der Waals surface area (Å²) in [6.45, 7) is 0. The molecule has 0 N–H and O–H groups in total. The van der Waals surface area contributed by atoms with Gasteiger partial charge in [0.15, 0.2) is 0 Å². The third-order valence-corrected chi connectivity index (χ3v) is 3.35. The molecule has 2 aliphatic heterocycles. The molecular formula is C10H15NO3. The van der Waals surface area contributed by atoms with Gasteiger partial charge in [-0.15, -0.1) is 0 Å². The highest BCUT2D eigenvalue weighted by molar-refractivity contribution is 5.69. The van der Waals surface area contributed by atoms with E-state index in [1.165, 1.54) is 7.11 Å². The summed E-state index contributed by atoms with van der Waals surface area (Å²) in [6.07, 6.45) is 4.46. The van der Waals surface area contributed by atoms with Gasteiger partial charge in [-0.2, -0.15) is 0 Å². The number of ether oxygens (including phenoxy) is 1. The van der Waals surface area contributed by atoms with Gasteiger partial charge in [-0.1, -0.05) is 0 Å². The third kappa shape index (κ3) is 1.38. The Morgan fingerprint density at radius 3 is 2.36 bits per heavy atom. The molecule has 2 heterocycles. The molecule has 4 heteroatoms. The van der Waals surface area contributed by atoms with Gasteiger partial charge in [-0.25, -0.2) is 4.79 Å². The SMILES string of the molecule is COC(=O)N1[C@@H]2CC[C@H]1CC(C=O)C2. The fourth-order valence-corrected chi connectivity index (χ4v) is 2.73. The summed E-state index contributed by atoms with van der Waals surface area (Å²) in [4.78, 5) is 23.9. The lowest BCUT2D eigenvalue weighted by Crippen LogP contribution is -2.46. The molecule has 0 aromatic carbocycles. The Morgan fingerprint density at radius 2 is 1.93 bits per heavy atom. The fraction of sp³-hybridized carbons (Fsp3) is 0.800. The molecule has 2 aliphatic rings. The average molecular weight is 197 g/mol. The fourth-order valence-electron chi connectivity index (χ4n) is 2.73. The molecule has 1 amide bonds. The summed E-state index contributed by atoms with van der Waals surface area (Å²) in [5.74, 6) is 0.147. The van der Waals surface area contributed by atoms with Gasteiger partial charge in [0, 0.05) is 18.0 Å². The second kappa shape index (κ2) is 3.59. The van der Waals surface area contributed by atoms with Crippen LogP contribution in [-0.2, 0) is 9.53 Å². The van der Waals surface area contributed by atoms with E-state index in [9.17, 15) is 9.59 Å². The van der Waals surface area contributed by atoms with Crippen molar-refractivity contribution in [1.82, 2.24) is 4.90 Å². The van der Waals surface area contributed by atoms with Crippen LogP contribution in [0.15, 0.2) is 0 Å². The van der Waals surface area contributed by atoms with Gasteiger partial charge in [-0.05, 0) is 25.7 Å². The van der Waals surface area contributed by atoms with Crippen LogP contribution in [-0.4, -0.2) is 36.5 Å². The van der Waals surface area contributed by atoms with Crippen LogP contribution in [0.5, 0.6) is 0 Å². The quantitative estimate of drug-likeness (QED) is 0.593. The van der Waals surface area contributed by atoms with E-state index in [0.29, 0.717) is 0 Å². The van der Waals surface area contributed by atoms with Crippen LogP contribution in [0.4, 0.5) is 4.79 Å². The number of hydrogen-bond donors (Lipinski definition) is 0. The molecule has 2 rings (SSSR count). The van der Waals surface area contributed by atoms with Crippen LogP contribution in [0.2, 0.25) is 0 Å². The number of amides is 1. The van der Waals surface area contributed by atoms with Crippen molar-refractivity contribution in [1.29, 1.82) is 0 Å². The van der Waals surface area contributed by atoms with Crippen molar-refractivity contribution in [3.8, 4) is 0 Å². The number of methoxy groups -OCH3 is 1. The Morgan fingerprint density at radius 1 is 1.36 bits per heavy atom. The van der Waals surface area contributed by atoms with Gasteiger partial charge in [0.2, 0.25) is 0 Å².